The maximum absolute atomic E-state index is 13.9. The molecule has 6 aromatic carbocycles. The summed E-state index contributed by atoms with van der Waals surface area (Å²) < 4.78 is 66.4. The van der Waals surface area contributed by atoms with Crippen LogP contribution in [-0.2, 0) is 58.0 Å². The molecule has 0 radical (unpaired) electrons. The third kappa shape index (κ3) is 19.6. The van der Waals surface area contributed by atoms with Crippen LogP contribution in [0.1, 0.15) is 96.4 Å². The van der Waals surface area contributed by atoms with Crippen molar-refractivity contribution in [2.24, 2.45) is 0 Å². The maximum Gasteiger partial charge on any atom is 0.318 e. The Kier molecular flexibility index (Phi) is 28.0. The number of morpholine rings is 1. The van der Waals surface area contributed by atoms with Crippen LogP contribution in [0.25, 0.3) is 46.9 Å². The number of likely N-dealkylation sites (tertiary alicyclic amines) is 1. The first kappa shape index (κ1) is 92.1. The Labute approximate surface area is 776 Å². The van der Waals surface area contributed by atoms with E-state index in [-0.39, 0.29) is 56.9 Å². The molecule has 5 atom stereocenters. The first-order valence-corrected chi connectivity index (χ1v) is 46.7. The molecule has 694 valence electrons. The molecule has 7 saturated heterocycles. The lowest BCUT2D eigenvalue weighted by atomic mass is 9.95. The highest BCUT2D eigenvalue weighted by atomic mass is 19.1. The van der Waals surface area contributed by atoms with Gasteiger partial charge in [-0.3, -0.25) is 24.2 Å². The summed E-state index contributed by atoms with van der Waals surface area (Å²) in [6, 6.07) is 38.9. The van der Waals surface area contributed by atoms with Gasteiger partial charge in [0.05, 0.1) is 48.9 Å². The van der Waals surface area contributed by atoms with E-state index < -0.39 is 53.3 Å². The molecule has 9 aromatic rings. The van der Waals surface area contributed by atoms with Crippen LogP contribution in [0, 0.1) is 40.5 Å². The highest BCUT2D eigenvalue weighted by Gasteiger charge is 2.47. The molecule has 0 bridgehead atoms. The van der Waals surface area contributed by atoms with Crippen LogP contribution in [0.5, 0.6) is 18.0 Å². The van der Waals surface area contributed by atoms with Crippen LogP contribution in [0.3, 0.4) is 0 Å². The van der Waals surface area contributed by atoms with Crippen molar-refractivity contribution >= 4 is 84.6 Å². The van der Waals surface area contributed by atoms with Crippen molar-refractivity contribution in [2.75, 3.05) is 194 Å². The number of fused-ring (bicyclic) bond motifs is 7. The number of hydrogen-bond acceptors (Lipinski definition) is 22. The Morgan fingerprint density at radius 3 is 1.17 bits per heavy atom. The second-order valence-electron chi connectivity index (χ2n) is 37.0. The van der Waals surface area contributed by atoms with E-state index in [4.69, 9.17) is 68.6 Å². The topological polar surface area (TPSA) is 217 Å². The molecule has 3 amide bonds. The predicted molar refractivity (Wildman–Crippen MR) is 511 cm³/mol. The highest BCUT2D eigenvalue weighted by Crippen LogP contribution is 2.44. The summed E-state index contributed by atoms with van der Waals surface area (Å²) in [6.07, 6.45) is 7.85. The molecule has 7 fully saturated rings. The molecule has 28 nitrogen and oxygen atoms in total. The Bertz CT molecular complexity index is 5820. The first-order chi connectivity index (χ1) is 64.4. The van der Waals surface area contributed by atoms with Crippen molar-refractivity contribution in [3.63, 3.8) is 0 Å². The van der Waals surface area contributed by atoms with Gasteiger partial charge in [-0.1, -0.05) is 111 Å². The lowest BCUT2D eigenvalue weighted by molar-refractivity contribution is -0.131. The fourth-order valence-electron chi connectivity index (χ4n) is 21.6. The molecule has 0 saturated carbocycles. The summed E-state index contributed by atoms with van der Waals surface area (Å²) in [5.74, 6) is -2.91. The van der Waals surface area contributed by atoms with Crippen LogP contribution >= 0.6 is 0 Å². The summed E-state index contributed by atoms with van der Waals surface area (Å²) in [7, 11) is 2.06. The maximum atomic E-state index is 13.9. The molecule has 19 rings (SSSR count). The largest absolute Gasteiger partial charge is 0.462 e. The number of anilines is 6. The summed E-state index contributed by atoms with van der Waals surface area (Å²) in [5.41, 5.74) is 13.3. The molecule has 13 heterocycles. The second kappa shape index (κ2) is 40.4. The molecular weight excluding hydrogens is 1690 g/mol. The average molecular weight is 1810 g/mol. The van der Waals surface area contributed by atoms with Crippen molar-refractivity contribution in [2.45, 2.75) is 147 Å². The van der Waals surface area contributed by atoms with E-state index in [2.05, 4.69) is 229 Å². The standard InChI is InChI=1S/C35H40FN7O2.C34H40FN7O2.C33H38FN7O3/c1-24-8-4-9-26-10-5-11-30(31(24)26)40-17-12-28-29(22-40)38-34(45-23-35-13-6-15-42(35)16-7-14-35)39-32(28)41-18-19-43(33(44)25(2)36)27(21-41)20-37-3;1-22(2)41-15-12-26(41)21-44-34-37-29-20-39(30-11-7-10-25-9-6-8-23(3)31(25)30)14-13-28(29)32(38-34)40-16-17-42(33(43)24(4)35)27(19-40)18-36-5;1-22-7-5-8-24-9-6-10-29(30(22)24)39-12-11-27-28(20-39)36-33(44-21-26-19-38(4)15-16-43-26)37-31(27)40-13-14-41(32(42)23(2)34)25(18-40)17-35-3/h4-5,8-11,27H,2,6-7,12-23H2,1H3;6-11,22,26-27H,4,12-21H2,1-3H3;5-10,25-26H,2,11-21H2,1,4H3/t27-;26?,27-;25-,26?/m000/s1. The van der Waals surface area contributed by atoms with Gasteiger partial charge in [-0.15, -0.1) is 0 Å². The van der Waals surface area contributed by atoms with Gasteiger partial charge < -0.3 is 82.5 Å². The number of aryl methyl sites for hydroxylation is 3. The summed E-state index contributed by atoms with van der Waals surface area (Å²) in [4.78, 5) is 103. The van der Waals surface area contributed by atoms with E-state index in [1.165, 1.54) is 93.6 Å². The van der Waals surface area contributed by atoms with Gasteiger partial charge in [0.2, 0.25) is 19.6 Å². The molecular formula is C102H118F3N21O7. The fourth-order valence-corrected chi connectivity index (χ4v) is 21.6. The molecule has 31 heteroatoms. The van der Waals surface area contributed by atoms with E-state index in [1.807, 2.05) is 0 Å². The van der Waals surface area contributed by atoms with Crippen molar-refractivity contribution in [1.29, 1.82) is 0 Å². The van der Waals surface area contributed by atoms with Gasteiger partial charge in [-0.05, 0) is 157 Å². The van der Waals surface area contributed by atoms with E-state index in [9.17, 15) is 27.6 Å². The Morgan fingerprint density at radius 2 is 0.827 bits per heavy atom. The third-order valence-electron chi connectivity index (χ3n) is 28.4. The SMILES string of the molecule is [C-]#[N+]C[C@H]1CN(c2nc(OCC34CCCN3CCC4)nc3c2CCN(c2cccc4cccc(C)c24)C3)CCN1C(=O)C(=C)F.[C-]#[N+]C[C@H]1CN(c2nc(OCC3CCN3C(C)C)nc3c2CCN(c2cccc4cccc(C)c24)C3)CCN1C(=O)C(=C)F.[C-]#[N+]C[C@H]1CN(c2nc(OCC3CN(C)CCO3)nc3c2CCN(c2cccc4cccc(C)c24)C3)CCN1C(=O)C(=C)F. The molecule has 0 N–H and O–H groups in total. The number of rotatable bonds is 22. The summed E-state index contributed by atoms with van der Waals surface area (Å²) in [6.45, 7) is 57.7. The molecule has 10 aliphatic rings. The van der Waals surface area contributed by atoms with Gasteiger partial charge in [0.15, 0.2) is 17.5 Å². The quantitative estimate of drug-likeness (QED) is 0.0455. The van der Waals surface area contributed by atoms with Crippen LogP contribution in [0.4, 0.5) is 47.7 Å². The zero-order valence-electron chi connectivity index (χ0n) is 77.1. The van der Waals surface area contributed by atoms with E-state index >= 15 is 0 Å². The minimum absolute atomic E-state index is 0.0624. The van der Waals surface area contributed by atoms with E-state index in [0.717, 1.165) is 142 Å². The van der Waals surface area contributed by atoms with Gasteiger partial charge in [0.25, 0.3) is 17.7 Å². The van der Waals surface area contributed by atoms with Gasteiger partial charge in [0.1, 0.15) is 61.5 Å². The van der Waals surface area contributed by atoms with Gasteiger partial charge in [0, 0.05) is 160 Å². The molecule has 0 aliphatic carbocycles. The lowest BCUT2D eigenvalue weighted by Gasteiger charge is -2.43. The van der Waals surface area contributed by atoms with Crippen LogP contribution in [-0.4, -0.2) is 283 Å². The fraction of sp³-hybridized carbons (Fsp3) is 0.471. The number of nitrogens with zero attached hydrogens (tertiary/aromatic N) is 21. The molecule has 0 spiro atoms. The molecule has 133 heavy (non-hydrogen) atoms. The lowest BCUT2D eigenvalue weighted by Crippen LogP contribution is -2.57. The first-order valence-electron chi connectivity index (χ1n) is 46.7. The number of benzene rings is 6. The molecule has 2 unspecified atom stereocenters. The van der Waals surface area contributed by atoms with Gasteiger partial charge in [-0.2, -0.15) is 29.9 Å². The Morgan fingerprint density at radius 1 is 0.459 bits per heavy atom. The van der Waals surface area contributed by atoms with Crippen LogP contribution in [0.15, 0.2) is 146 Å². The van der Waals surface area contributed by atoms with Crippen LogP contribution in [0.2, 0.25) is 0 Å². The van der Waals surface area contributed by atoms with E-state index in [1.54, 1.807) is 0 Å². The number of aromatic nitrogens is 6. The number of carbonyl (C=O) groups is 3. The van der Waals surface area contributed by atoms with Crippen molar-refractivity contribution in [3.8, 4) is 18.0 Å². The number of halogens is 3. The molecule has 3 aromatic heterocycles. The molecule has 10 aliphatic heterocycles. The predicted octanol–water partition coefficient (Wildman–Crippen LogP) is 13.3. The zero-order valence-corrected chi connectivity index (χ0v) is 77.1. The Hall–Kier alpha value is -12.7. The smallest absolute Gasteiger partial charge is 0.318 e. The monoisotopic (exact) mass is 1810 g/mol. The number of amides is 3. The number of hydrogen-bond donors (Lipinski definition) is 0. The second-order valence-corrected chi connectivity index (χ2v) is 37.0. The number of likely N-dealkylation sites (N-methyl/N-ethyl adjacent to an activating group) is 1. The minimum atomic E-state index is -1.01. The van der Waals surface area contributed by atoms with Crippen LogP contribution < -0.4 is 43.6 Å². The average Bonchev–Trinajstić information content (AvgIpc) is 1.64. The zero-order chi connectivity index (χ0) is 92.9. The number of carbonyl (C=O) groups excluding carboxylic acids is 3. The number of ether oxygens (including phenoxy) is 4. The highest BCUT2D eigenvalue weighted by molar-refractivity contribution is 6.00. The van der Waals surface area contributed by atoms with Gasteiger partial charge in [-0.25, -0.2) is 32.9 Å². The Balaban J connectivity index is 0.000000139. The minimum Gasteiger partial charge on any atom is -0.462 e. The van der Waals surface area contributed by atoms with Crippen molar-refractivity contribution in [1.82, 2.24) is 59.3 Å². The van der Waals surface area contributed by atoms with Crippen molar-refractivity contribution < 1.29 is 46.5 Å². The third-order valence-corrected chi connectivity index (χ3v) is 28.4. The summed E-state index contributed by atoms with van der Waals surface area (Å²) in [5, 5.41) is 7.38. The van der Waals surface area contributed by atoms with E-state index in [0.29, 0.717) is 109 Å². The van der Waals surface area contributed by atoms with Crippen molar-refractivity contribution in [3.05, 3.63) is 231 Å². The normalized spacial score (nSPS) is 20.7. The number of piperazine rings is 3. The summed E-state index contributed by atoms with van der Waals surface area (Å²) >= 11 is 0. The van der Waals surface area contributed by atoms with Gasteiger partial charge >= 0.3 is 18.0 Å².